The van der Waals surface area contributed by atoms with E-state index in [9.17, 15) is 14.7 Å². The maximum Gasteiger partial charge on any atom is 0.223 e. The number of nitrogens with one attached hydrogen (secondary N) is 2. The zero-order valence-electron chi connectivity index (χ0n) is 28.6. The van der Waals surface area contributed by atoms with Crippen molar-refractivity contribution < 1.29 is 28.9 Å². The molecule has 2 fully saturated rings. The van der Waals surface area contributed by atoms with Crippen molar-refractivity contribution in [3.05, 3.63) is 23.8 Å². The molecule has 2 aliphatic carbocycles. The molecule has 9 nitrogen and oxygen atoms in total. The number of carbonyl (C=O) groups is 2. The fourth-order valence-electron chi connectivity index (χ4n) is 6.31. The van der Waals surface area contributed by atoms with E-state index < -0.39 is 6.10 Å². The highest BCUT2D eigenvalue weighted by molar-refractivity contribution is 5.82. The van der Waals surface area contributed by atoms with Gasteiger partial charge in [-0.1, -0.05) is 46.6 Å². The van der Waals surface area contributed by atoms with Crippen molar-refractivity contribution in [1.29, 1.82) is 5.26 Å². The fourth-order valence-corrected chi connectivity index (χ4v) is 6.31. The summed E-state index contributed by atoms with van der Waals surface area (Å²) in [6.07, 6.45) is 9.02. The number of methoxy groups -OCH3 is 2. The first-order valence-corrected chi connectivity index (χ1v) is 16.9. The Labute approximate surface area is 271 Å². The van der Waals surface area contributed by atoms with E-state index in [0.29, 0.717) is 44.4 Å². The zero-order chi connectivity index (χ0) is 33.4. The number of hydrogen-bond donors (Lipinski definition) is 3. The molecule has 45 heavy (non-hydrogen) atoms. The summed E-state index contributed by atoms with van der Waals surface area (Å²) in [6.45, 7) is 13.7. The van der Waals surface area contributed by atoms with Gasteiger partial charge < -0.3 is 30.0 Å². The second-order valence-electron chi connectivity index (χ2n) is 13.7. The lowest BCUT2D eigenvalue weighted by atomic mass is 9.82. The molecule has 0 saturated heterocycles. The number of ether oxygens (including phenoxy) is 3. The van der Waals surface area contributed by atoms with E-state index in [1.165, 1.54) is 5.56 Å². The van der Waals surface area contributed by atoms with Gasteiger partial charge in [0.25, 0.3) is 0 Å². The fraction of sp³-hybridized carbons (Fsp3) is 0.750. The molecule has 0 aromatic heterocycles. The Kier molecular flexibility index (Phi) is 16.7. The number of aliphatic hydroxyl groups excluding tert-OH is 1. The molecule has 0 spiro atoms. The topological polar surface area (TPSA) is 130 Å². The molecule has 0 heterocycles. The molecule has 3 atom stereocenters. The van der Waals surface area contributed by atoms with Crippen LogP contribution in [0.4, 0.5) is 0 Å². The van der Waals surface area contributed by atoms with Crippen LogP contribution in [-0.2, 0) is 20.7 Å². The summed E-state index contributed by atoms with van der Waals surface area (Å²) in [5.41, 5.74) is 0.862. The van der Waals surface area contributed by atoms with Gasteiger partial charge in [0.05, 0.1) is 25.4 Å². The number of rotatable bonds is 20. The van der Waals surface area contributed by atoms with E-state index >= 15 is 0 Å². The van der Waals surface area contributed by atoms with E-state index in [-0.39, 0.29) is 35.1 Å². The predicted octanol–water partition coefficient (Wildman–Crippen LogP) is 5.82. The molecular weight excluding hydrogens is 570 g/mol. The zero-order valence-corrected chi connectivity index (χ0v) is 28.6. The minimum atomic E-state index is -0.551. The van der Waals surface area contributed by atoms with Gasteiger partial charge >= 0.3 is 0 Å². The Morgan fingerprint density at radius 1 is 1.02 bits per heavy atom. The van der Waals surface area contributed by atoms with Gasteiger partial charge in [-0.2, -0.15) is 0 Å². The Hall–Kier alpha value is -2.83. The lowest BCUT2D eigenvalue weighted by molar-refractivity contribution is -0.129. The van der Waals surface area contributed by atoms with Crippen molar-refractivity contribution >= 4 is 11.8 Å². The van der Waals surface area contributed by atoms with E-state index in [2.05, 4.69) is 43.2 Å². The van der Waals surface area contributed by atoms with Gasteiger partial charge in [-0.3, -0.25) is 9.59 Å². The van der Waals surface area contributed by atoms with E-state index in [0.717, 1.165) is 69.3 Å². The van der Waals surface area contributed by atoms with Crippen LogP contribution in [0.3, 0.4) is 0 Å². The van der Waals surface area contributed by atoms with Crippen LogP contribution in [0, 0.1) is 41.4 Å². The lowest BCUT2D eigenvalue weighted by Crippen LogP contribution is -2.55. The summed E-state index contributed by atoms with van der Waals surface area (Å²) in [4.78, 5) is 25.9. The second kappa shape index (κ2) is 19.6. The van der Waals surface area contributed by atoms with Crippen LogP contribution >= 0.6 is 0 Å². The van der Waals surface area contributed by atoms with Crippen LogP contribution in [-0.4, -0.2) is 62.5 Å². The van der Waals surface area contributed by atoms with Gasteiger partial charge in [0.2, 0.25) is 11.8 Å². The molecule has 2 unspecified atom stereocenters. The average molecular weight is 630 g/mol. The maximum absolute atomic E-state index is 13.4. The first-order chi connectivity index (χ1) is 21.6. The Morgan fingerprint density at radius 2 is 1.71 bits per heavy atom. The van der Waals surface area contributed by atoms with Crippen molar-refractivity contribution in [3.8, 4) is 18.1 Å². The maximum atomic E-state index is 13.4. The molecule has 2 saturated carbocycles. The van der Waals surface area contributed by atoms with Crippen LogP contribution in [0.1, 0.15) is 97.5 Å². The van der Waals surface area contributed by atoms with Gasteiger partial charge in [0.1, 0.15) is 0 Å². The van der Waals surface area contributed by atoms with Gasteiger partial charge in [0.15, 0.2) is 11.5 Å². The van der Waals surface area contributed by atoms with Crippen LogP contribution in [0.25, 0.3) is 0 Å². The summed E-state index contributed by atoms with van der Waals surface area (Å²) < 4.78 is 16.6. The Morgan fingerprint density at radius 3 is 2.29 bits per heavy atom. The number of hydrogen-bond acceptors (Lipinski definition) is 7. The monoisotopic (exact) mass is 629 g/mol. The van der Waals surface area contributed by atoms with Gasteiger partial charge in [-0.15, -0.1) is 0 Å². The van der Waals surface area contributed by atoms with Crippen LogP contribution in [0.2, 0.25) is 0 Å². The summed E-state index contributed by atoms with van der Waals surface area (Å²) in [7, 11) is 3.34. The van der Waals surface area contributed by atoms with Crippen molar-refractivity contribution in [2.24, 2.45) is 29.6 Å². The van der Waals surface area contributed by atoms with Crippen molar-refractivity contribution in [3.63, 3.8) is 0 Å². The second-order valence-corrected chi connectivity index (χ2v) is 13.7. The number of nitrogens with zero attached hydrogens (tertiary/aromatic N) is 1. The number of nitriles is 1. The van der Waals surface area contributed by atoms with Crippen LogP contribution in [0.15, 0.2) is 18.2 Å². The minimum absolute atomic E-state index is 0.0160. The first kappa shape index (κ1) is 38.4. The normalized spacial score (nSPS) is 17.6. The van der Waals surface area contributed by atoms with Crippen LogP contribution in [0.5, 0.6) is 11.5 Å². The molecule has 3 rings (SSSR count). The highest BCUT2D eigenvalue weighted by atomic mass is 16.5. The summed E-state index contributed by atoms with van der Waals surface area (Å²) in [5.74, 6) is 2.42. The lowest BCUT2D eigenvalue weighted by Gasteiger charge is -2.32. The SMILES string of the molecule is C#N.COCCCOc1cc(CC(CC[C@@H](O)CC(C(=O)NCC2(NC(=O)C3CC3)CCCC2)C(C)C)C(C)C)ccc1OC. The molecule has 254 valence electrons. The molecule has 9 heteroatoms. The Balaban J connectivity index is 0.00000345. The standard InChI is InChI=1S/C35H58N2O6.CHN/c1-24(2)28(20-26-10-15-31(42-6)32(21-26)43-19-9-18-41-5)13-14-29(38)22-30(25(3)4)34(40)36-23-35(16-7-8-17-35)37-33(39)27-11-12-27;1-2/h10,15,21,24-25,27-30,38H,7-9,11-14,16-20,22-23H2,1-6H3,(H,36,40)(H,37,39);1H/t28?,29-,30?;/m1./s1. The predicted molar refractivity (Wildman–Crippen MR) is 177 cm³/mol. The molecule has 1 aromatic carbocycles. The van der Waals surface area contributed by atoms with Gasteiger partial charge in [-0.25, -0.2) is 5.26 Å². The third-order valence-corrected chi connectivity index (χ3v) is 9.46. The highest BCUT2D eigenvalue weighted by Gasteiger charge is 2.40. The number of aliphatic hydroxyl groups is 1. The smallest absolute Gasteiger partial charge is 0.223 e. The molecule has 0 radical (unpaired) electrons. The third-order valence-electron chi connectivity index (χ3n) is 9.46. The molecule has 2 amide bonds. The molecule has 0 aliphatic heterocycles. The molecular formula is C36H59N3O6. The van der Waals surface area contributed by atoms with E-state index in [1.807, 2.05) is 19.9 Å². The quantitative estimate of drug-likeness (QED) is 0.155. The minimum Gasteiger partial charge on any atom is -0.493 e. The summed E-state index contributed by atoms with van der Waals surface area (Å²) >= 11 is 0. The van der Waals surface area contributed by atoms with Crippen LogP contribution < -0.4 is 20.1 Å². The summed E-state index contributed by atoms with van der Waals surface area (Å²) in [6, 6.07) is 6.13. The highest BCUT2D eigenvalue weighted by Crippen LogP contribution is 2.35. The third kappa shape index (κ3) is 12.8. The largest absolute Gasteiger partial charge is 0.493 e. The van der Waals surface area contributed by atoms with Gasteiger partial charge in [-0.05, 0) is 86.8 Å². The average Bonchev–Trinajstić information content (AvgIpc) is 3.79. The van der Waals surface area contributed by atoms with Gasteiger partial charge in [0, 0.05) is 45.1 Å². The summed E-state index contributed by atoms with van der Waals surface area (Å²) in [5, 5.41) is 24.1. The first-order valence-electron chi connectivity index (χ1n) is 16.9. The molecule has 3 N–H and O–H groups in total. The molecule has 1 aromatic rings. The Bertz CT molecular complexity index is 1050. The van der Waals surface area contributed by atoms with E-state index in [4.69, 9.17) is 19.5 Å². The molecule has 0 bridgehead atoms. The van der Waals surface area contributed by atoms with Crippen molar-refractivity contribution in [1.82, 2.24) is 10.6 Å². The van der Waals surface area contributed by atoms with E-state index in [1.54, 1.807) is 14.2 Å². The number of amides is 2. The van der Waals surface area contributed by atoms with Crippen molar-refractivity contribution in [2.75, 3.05) is 34.0 Å². The van der Waals surface area contributed by atoms with Crippen molar-refractivity contribution in [2.45, 2.75) is 110 Å². The molecule has 2 aliphatic rings. The number of carbonyl (C=O) groups excluding carboxylic acids is 2. The number of benzene rings is 1.